The van der Waals surface area contributed by atoms with E-state index in [9.17, 15) is 24.6 Å². The van der Waals surface area contributed by atoms with Gasteiger partial charge in [0, 0.05) is 5.70 Å². The van der Waals surface area contributed by atoms with Crippen molar-refractivity contribution >= 4 is 33.9 Å². The molecular formula is C17H19BrN2O7. The van der Waals surface area contributed by atoms with E-state index >= 15 is 0 Å². The molecule has 0 saturated heterocycles. The Morgan fingerprint density at radius 3 is 2.59 bits per heavy atom. The van der Waals surface area contributed by atoms with Crippen molar-refractivity contribution in [3.8, 4) is 11.5 Å². The first-order valence-corrected chi connectivity index (χ1v) is 8.74. The number of carboxylic acids is 1. The minimum atomic E-state index is -1.26. The van der Waals surface area contributed by atoms with Crippen LogP contribution < -0.4 is 10.1 Å². The zero-order valence-electron chi connectivity index (χ0n) is 14.9. The van der Waals surface area contributed by atoms with E-state index in [0.29, 0.717) is 5.56 Å². The predicted octanol–water partition coefficient (Wildman–Crippen LogP) is 2.15. The Bertz CT molecular complexity index is 822. The van der Waals surface area contributed by atoms with Crippen LogP contribution in [0.25, 0.3) is 0 Å². The average molecular weight is 443 g/mol. The zero-order chi connectivity index (χ0) is 20.3. The van der Waals surface area contributed by atoms with E-state index in [1.807, 2.05) is 0 Å². The quantitative estimate of drug-likeness (QED) is 0.576. The fourth-order valence-corrected chi connectivity index (χ4v) is 3.21. The van der Waals surface area contributed by atoms with Gasteiger partial charge in [-0.2, -0.15) is 0 Å². The van der Waals surface area contributed by atoms with Gasteiger partial charge in [-0.05, 0) is 47.5 Å². The Hall–Kier alpha value is -2.75. The lowest BCUT2D eigenvalue weighted by atomic mass is 9.94. The number of hydrogen-bond acceptors (Lipinski definition) is 6. The Kier molecular flexibility index (Phi) is 6.32. The number of nitrogens with zero attached hydrogens (tertiary/aromatic N) is 1. The van der Waals surface area contributed by atoms with Crippen LogP contribution in [0.1, 0.15) is 25.5 Å². The highest BCUT2D eigenvalue weighted by atomic mass is 79.9. The van der Waals surface area contributed by atoms with E-state index in [0.717, 1.165) is 4.90 Å². The summed E-state index contributed by atoms with van der Waals surface area (Å²) in [6, 6.07) is 1.28. The summed E-state index contributed by atoms with van der Waals surface area (Å²) in [5.74, 6) is -1.94. The molecular weight excluding hydrogens is 424 g/mol. The summed E-state index contributed by atoms with van der Waals surface area (Å²) in [6.07, 6.45) is 0. The second-order valence-electron chi connectivity index (χ2n) is 5.63. The van der Waals surface area contributed by atoms with Crippen LogP contribution in [0.3, 0.4) is 0 Å². The number of allylic oxidation sites excluding steroid dienone is 1. The van der Waals surface area contributed by atoms with Gasteiger partial charge in [-0.25, -0.2) is 9.59 Å². The number of phenolic OH excluding ortho intramolecular Hbond substituents is 1. The van der Waals surface area contributed by atoms with Gasteiger partial charge >= 0.3 is 18.0 Å². The fraction of sp³-hybridized carbons (Fsp3) is 0.353. The molecule has 1 aliphatic rings. The molecule has 1 aliphatic heterocycles. The van der Waals surface area contributed by atoms with E-state index in [1.165, 1.54) is 26.2 Å². The van der Waals surface area contributed by atoms with Crippen molar-refractivity contribution in [3.05, 3.63) is 33.4 Å². The van der Waals surface area contributed by atoms with Gasteiger partial charge in [0.05, 0.1) is 29.8 Å². The Balaban J connectivity index is 2.51. The average Bonchev–Trinajstić information content (AvgIpc) is 2.60. The number of urea groups is 1. The molecule has 27 heavy (non-hydrogen) atoms. The number of aliphatic carboxylic acids is 1. The first-order chi connectivity index (χ1) is 12.7. The van der Waals surface area contributed by atoms with Gasteiger partial charge in [0.2, 0.25) is 0 Å². The van der Waals surface area contributed by atoms with Crippen LogP contribution in [0.4, 0.5) is 4.79 Å². The lowest BCUT2D eigenvalue weighted by Crippen LogP contribution is -2.49. The molecule has 1 aromatic rings. The number of amides is 2. The molecule has 9 nitrogen and oxygen atoms in total. The summed E-state index contributed by atoms with van der Waals surface area (Å²) in [4.78, 5) is 37.1. The molecule has 146 valence electrons. The van der Waals surface area contributed by atoms with Crippen molar-refractivity contribution in [2.45, 2.75) is 19.9 Å². The Morgan fingerprint density at radius 2 is 2.04 bits per heavy atom. The minimum Gasteiger partial charge on any atom is -0.503 e. The van der Waals surface area contributed by atoms with Crippen molar-refractivity contribution in [2.75, 3.05) is 20.3 Å². The first kappa shape index (κ1) is 20.6. The van der Waals surface area contributed by atoms with E-state index in [4.69, 9.17) is 9.47 Å². The third kappa shape index (κ3) is 4.16. The molecule has 1 heterocycles. The van der Waals surface area contributed by atoms with Gasteiger partial charge in [0.25, 0.3) is 0 Å². The Labute approximate surface area is 163 Å². The van der Waals surface area contributed by atoms with E-state index in [-0.39, 0.29) is 33.8 Å². The number of carboxylic acid groups (broad SMARTS) is 1. The van der Waals surface area contributed by atoms with Crippen LogP contribution in [-0.2, 0) is 14.3 Å². The van der Waals surface area contributed by atoms with Crippen LogP contribution in [0.2, 0.25) is 0 Å². The van der Waals surface area contributed by atoms with Crippen LogP contribution in [0, 0.1) is 0 Å². The number of phenols is 1. The van der Waals surface area contributed by atoms with Gasteiger partial charge in [-0.15, -0.1) is 0 Å². The summed E-state index contributed by atoms with van der Waals surface area (Å²) in [5.41, 5.74) is 0.392. The van der Waals surface area contributed by atoms with Crippen molar-refractivity contribution in [1.29, 1.82) is 0 Å². The van der Waals surface area contributed by atoms with Gasteiger partial charge in [0.1, 0.15) is 6.54 Å². The molecule has 2 rings (SSSR count). The number of nitrogens with one attached hydrogen (secondary N) is 1. The van der Waals surface area contributed by atoms with Gasteiger partial charge in [-0.3, -0.25) is 9.69 Å². The molecule has 10 heteroatoms. The van der Waals surface area contributed by atoms with Crippen LogP contribution >= 0.6 is 15.9 Å². The van der Waals surface area contributed by atoms with Crippen molar-refractivity contribution in [1.82, 2.24) is 10.2 Å². The standard InChI is InChI=1S/C17H19BrN2O7/c1-4-27-12(21)7-20-8(2)13(16(23)24)14(19-17(20)25)9-5-10(18)15(22)11(6-9)26-3/h5-6,14,22H,4,7H2,1-3H3,(H,19,25)(H,23,24). The molecule has 1 aromatic carbocycles. The molecule has 0 spiro atoms. The van der Waals surface area contributed by atoms with Crippen LogP contribution in [0.5, 0.6) is 11.5 Å². The number of rotatable bonds is 6. The molecule has 0 radical (unpaired) electrons. The predicted molar refractivity (Wildman–Crippen MR) is 97.3 cm³/mol. The molecule has 1 atom stereocenters. The zero-order valence-corrected chi connectivity index (χ0v) is 16.5. The largest absolute Gasteiger partial charge is 0.503 e. The van der Waals surface area contributed by atoms with E-state index in [1.54, 1.807) is 6.92 Å². The fourth-order valence-electron chi connectivity index (χ4n) is 2.75. The summed E-state index contributed by atoms with van der Waals surface area (Å²) in [5, 5.41) is 22.2. The molecule has 1 unspecified atom stereocenters. The number of halogens is 1. The number of benzene rings is 1. The summed E-state index contributed by atoms with van der Waals surface area (Å²) in [7, 11) is 1.35. The number of carbonyl (C=O) groups excluding carboxylic acids is 2. The highest BCUT2D eigenvalue weighted by Crippen LogP contribution is 2.39. The third-order valence-corrected chi connectivity index (χ3v) is 4.63. The third-order valence-electron chi connectivity index (χ3n) is 4.02. The highest BCUT2D eigenvalue weighted by Gasteiger charge is 2.37. The smallest absolute Gasteiger partial charge is 0.335 e. The summed E-state index contributed by atoms with van der Waals surface area (Å²) >= 11 is 3.18. The van der Waals surface area contributed by atoms with E-state index in [2.05, 4.69) is 21.2 Å². The first-order valence-electron chi connectivity index (χ1n) is 7.95. The number of esters is 1. The second kappa shape index (κ2) is 8.30. The van der Waals surface area contributed by atoms with E-state index < -0.39 is 30.6 Å². The van der Waals surface area contributed by atoms with Crippen molar-refractivity contribution < 1.29 is 34.1 Å². The number of carbonyl (C=O) groups is 3. The normalized spacial score (nSPS) is 16.8. The molecule has 0 aliphatic carbocycles. The monoisotopic (exact) mass is 442 g/mol. The second-order valence-corrected chi connectivity index (χ2v) is 6.49. The van der Waals surface area contributed by atoms with Crippen LogP contribution in [0.15, 0.2) is 27.9 Å². The lowest BCUT2D eigenvalue weighted by Gasteiger charge is -2.34. The molecule has 2 amide bonds. The maximum absolute atomic E-state index is 12.5. The van der Waals surface area contributed by atoms with Crippen LogP contribution in [-0.4, -0.2) is 53.3 Å². The number of aromatic hydroxyl groups is 1. The lowest BCUT2D eigenvalue weighted by molar-refractivity contribution is -0.143. The molecule has 0 aromatic heterocycles. The van der Waals surface area contributed by atoms with Gasteiger partial charge < -0.3 is 25.0 Å². The SMILES string of the molecule is CCOC(=O)CN1C(=O)NC(c2cc(Br)c(O)c(OC)c2)C(C(=O)O)=C1C. The van der Waals surface area contributed by atoms with Crippen molar-refractivity contribution in [2.24, 2.45) is 0 Å². The van der Waals surface area contributed by atoms with Gasteiger partial charge in [0.15, 0.2) is 11.5 Å². The highest BCUT2D eigenvalue weighted by molar-refractivity contribution is 9.10. The molecule has 0 bridgehead atoms. The summed E-state index contributed by atoms with van der Waals surface area (Å²) in [6.45, 7) is 2.82. The molecule has 0 saturated carbocycles. The number of ether oxygens (including phenoxy) is 2. The number of hydrogen-bond donors (Lipinski definition) is 3. The summed E-state index contributed by atoms with van der Waals surface area (Å²) < 4.78 is 10.2. The van der Waals surface area contributed by atoms with Crippen molar-refractivity contribution in [3.63, 3.8) is 0 Å². The maximum Gasteiger partial charge on any atom is 0.335 e. The number of methoxy groups -OCH3 is 1. The molecule has 3 N–H and O–H groups in total. The Morgan fingerprint density at radius 1 is 1.37 bits per heavy atom. The minimum absolute atomic E-state index is 0.112. The topological polar surface area (TPSA) is 125 Å². The molecule has 0 fully saturated rings. The van der Waals surface area contributed by atoms with Gasteiger partial charge in [-0.1, -0.05) is 0 Å². The maximum atomic E-state index is 12.5.